The molecule has 0 amide bonds. The number of ether oxygens (including phenoxy) is 4. The van der Waals surface area contributed by atoms with Gasteiger partial charge < -0.3 is 39.4 Å². The van der Waals surface area contributed by atoms with Crippen molar-refractivity contribution in [3.63, 3.8) is 0 Å². The number of allylic oxidation sites excluding steroid dienone is 8. The van der Waals surface area contributed by atoms with Gasteiger partial charge in [0.15, 0.2) is 6.29 Å². The number of unbranched alkanes of at least 4 members (excludes halogenated alkanes) is 18. The molecule has 9 nitrogen and oxygen atoms in total. The molecule has 4 N–H and O–H groups in total. The van der Waals surface area contributed by atoms with Crippen LogP contribution in [0.3, 0.4) is 0 Å². The molecule has 6 unspecified atom stereocenters. The Hall–Kier alpha value is -1.85. The van der Waals surface area contributed by atoms with Crippen LogP contribution in [-0.2, 0) is 23.7 Å². The third-order valence-electron chi connectivity index (χ3n) is 9.98. The Morgan fingerprint density at radius 3 is 1.69 bits per heavy atom. The molecule has 55 heavy (non-hydrogen) atoms. The molecule has 1 heterocycles. The fourth-order valence-electron chi connectivity index (χ4n) is 6.50. The van der Waals surface area contributed by atoms with Gasteiger partial charge >= 0.3 is 5.97 Å². The first-order valence-electron chi connectivity index (χ1n) is 22.2. The van der Waals surface area contributed by atoms with Gasteiger partial charge in [-0.1, -0.05) is 146 Å². The quantitative estimate of drug-likeness (QED) is 0.0276. The van der Waals surface area contributed by atoms with E-state index in [9.17, 15) is 25.2 Å². The standard InChI is InChI=1S/C46H82O9/c1-3-5-7-9-11-13-15-17-18-19-20-21-22-24-26-28-30-32-34-36-52-38-40(39-53-46-45(51)44(50)43(49)41(37-47)55-46)54-42(48)35-33-31-29-27-25-23-16-14-12-10-8-6-4-2/h6,8,12,14,18-19,23,25,40-41,43-47,49-51H,3-5,7,9-11,13,15-17,20-22,24,26-39H2,1-2H3/b8-6-,14-12-,19-18-,25-23-. The van der Waals surface area contributed by atoms with Crippen molar-refractivity contribution in [1.29, 1.82) is 0 Å². The molecule has 6 atom stereocenters. The Kier molecular flexibility index (Phi) is 35.1. The summed E-state index contributed by atoms with van der Waals surface area (Å²) in [5.74, 6) is -0.344. The lowest BCUT2D eigenvalue weighted by molar-refractivity contribution is -0.305. The van der Waals surface area contributed by atoms with E-state index in [4.69, 9.17) is 18.9 Å². The van der Waals surface area contributed by atoms with Crippen molar-refractivity contribution in [2.24, 2.45) is 0 Å². The Balaban J connectivity index is 2.27. The smallest absolute Gasteiger partial charge is 0.306 e. The molecule has 0 saturated carbocycles. The molecule has 0 aromatic carbocycles. The summed E-state index contributed by atoms with van der Waals surface area (Å²) in [5, 5.41) is 40.1. The first kappa shape index (κ1) is 51.2. The zero-order chi connectivity index (χ0) is 40.0. The fourth-order valence-corrected chi connectivity index (χ4v) is 6.50. The molecule has 0 aromatic heterocycles. The van der Waals surface area contributed by atoms with Crippen molar-refractivity contribution < 1.29 is 44.2 Å². The highest BCUT2D eigenvalue weighted by Gasteiger charge is 2.44. The molecule has 1 saturated heterocycles. The third kappa shape index (κ3) is 29.1. The predicted molar refractivity (Wildman–Crippen MR) is 224 cm³/mol. The van der Waals surface area contributed by atoms with E-state index in [0.717, 1.165) is 51.4 Å². The zero-order valence-corrected chi connectivity index (χ0v) is 34.9. The second-order valence-electron chi connectivity index (χ2n) is 15.1. The van der Waals surface area contributed by atoms with E-state index in [1.165, 1.54) is 96.3 Å². The zero-order valence-electron chi connectivity index (χ0n) is 34.9. The summed E-state index contributed by atoms with van der Waals surface area (Å²) in [6.07, 6.45) is 38.6. The Labute approximate surface area is 335 Å². The number of rotatable bonds is 37. The monoisotopic (exact) mass is 779 g/mol. The highest BCUT2D eigenvalue weighted by Crippen LogP contribution is 2.22. The van der Waals surface area contributed by atoms with E-state index in [-0.39, 0.29) is 25.6 Å². The van der Waals surface area contributed by atoms with Gasteiger partial charge in [0.05, 0.1) is 19.8 Å². The van der Waals surface area contributed by atoms with E-state index in [0.29, 0.717) is 13.0 Å². The summed E-state index contributed by atoms with van der Waals surface area (Å²) in [6.45, 7) is 4.39. The van der Waals surface area contributed by atoms with Crippen LogP contribution in [0.1, 0.15) is 174 Å². The Bertz CT molecular complexity index is 978. The van der Waals surface area contributed by atoms with Gasteiger partial charge in [-0.05, 0) is 70.6 Å². The lowest BCUT2D eigenvalue weighted by atomic mass is 9.99. The second kappa shape index (κ2) is 37.7. The number of aliphatic hydroxyl groups is 4. The van der Waals surface area contributed by atoms with Crippen LogP contribution in [0.25, 0.3) is 0 Å². The molecule has 1 fully saturated rings. The fraction of sp³-hybridized carbons (Fsp3) is 0.804. The van der Waals surface area contributed by atoms with E-state index in [1.807, 2.05) is 0 Å². The summed E-state index contributed by atoms with van der Waals surface area (Å²) in [7, 11) is 0. The maximum absolute atomic E-state index is 12.7. The highest BCUT2D eigenvalue weighted by atomic mass is 16.7. The van der Waals surface area contributed by atoms with Gasteiger partial charge in [-0.15, -0.1) is 0 Å². The van der Waals surface area contributed by atoms with Crippen molar-refractivity contribution in [3.05, 3.63) is 48.6 Å². The van der Waals surface area contributed by atoms with Crippen LogP contribution < -0.4 is 0 Å². The maximum atomic E-state index is 12.7. The van der Waals surface area contributed by atoms with Gasteiger partial charge in [0.2, 0.25) is 0 Å². The minimum Gasteiger partial charge on any atom is -0.457 e. The van der Waals surface area contributed by atoms with E-state index in [2.05, 4.69) is 62.5 Å². The van der Waals surface area contributed by atoms with Crippen LogP contribution in [0, 0.1) is 0 Å². The van der Waals surface area contributed by atoms with Crippen LogP contribution in [0.4, 0.5) is 0 Å². The van der Waals surface area contributed by atoms with Gasteiger partial charge in [-0.25, -0.2) is 0 Å². The lowest BCUT2D eigenvalue weighted by Crippen LogP contribution is -2.59. The molecular weight excluding hydrogens is 696 g/mol. The van der Waals surface area contributed by atoms with Crippen molar-refractivity contribution in [2.45, 2.75) is 211 Å². The van der Waals surface area contributed by atoms with Gasteiger partial charge in [0.25, 0.3) is 0 Å². The molecule has 0 radical (unpaired) electrons. The molecule has 1 rings (SSSR count). The summed E-state index contributed by atoms with van der Waals surface area (Å²) in [5.41, 5.74) is 0. The van der Waals surface area contributed by atoms with Gasteiger partial charge in [-0.2, -0.15) is 0 Å². The topological polar surface area (TPSA) is 135 Å². The molecular formula is C46H82O9. The third-order valence-corrected chi connectivity index (χ3v) is 9.98. The Morgan fingerprint density at radius 1 is 0.600 bits per heavy atom. The number of aliphatic hydroxyl groups excluding tert-OH is 4. The van der Waals surface area contributed by atoms with Crippen molar-refractivity contribution in [2.75, 3.05) is 26.4 Å². The summed E-state index contributed by atoms with van der Waals surface area (Å²) in [4.78, 5) is 12.7. The molecule has 1 aliphatic heterocycles. The SMILES string of the molecule is CC/C=C\C/C=C\C/C=C\CCCCCC(=O)OC(COCCCCCCCCCC/C=C\CCCCCCCCC)COC1OC(CO)C(O)C(O)C1O. The highest BCUT2D eigenvalue weighted by molar-refractivity contribution is 5.69. The van der Waals surface area contributed by atoms with Crippen LogP contribution in [0.15, 0.2) is 48.6 Å². The number of carbonyl (C=O) groups is 1. The van der Waals surface area contributed by atoms with Gasteiger partial charge in [0.1, 0.15) is 30.5 Å². The molecule has 0 aliphatic carbocycles. The van der Waals surface area contributed by atoms with Crippen molar-refractivity contribution in [3.8, 4) is 0 Å². The summed E-state index contributed by atoms with van der Waals surface area (Å²) >= 11 is 0. The number of carbonyl (C=O) groups excluding carboxylic acids is 1. The Morgan fingerprint density at radius 2 is 1.11 bits per heavy atom. The minimum absolute atomic E-state index is 0.127. The first-order chi connectivity index (χ1) is 26.9. The average molecular weight is 779 g/mol. The number of esters is 1. The second-order valence-corrected chi connectivity index (χ2v) is 15.1. The van der Waals surface area contributed by atoms with Gasteiger partial charge in [0, 0.05) is 13.0 Å². The van der Waals surface area contributed by atoms with Crippen LogP contribution in [0.5, 0.6) is 0 Å². The van der Waals surface area contributed by atoms with Crippen LogP contribution in [0.2, 0.25) is 0 Å². The predicted octanol–water partition coefficient (Wildman–Crippen LogP) is 9.75. The number of hydrogen-bond acceptors (Lipinski definition) is 9. The van der Waals surface area contributed by atoms with Crippen LogP contribution in [-0.4, -0.2) is 89.6 Å². The normalized spacial score (nSPS) is 21.2. The first-order valence-corrected chi connectivity index (χ1v) is 22.2. The molecule has 1 aliphatic rings. The maximum Gasteiger partial charge on any atom is 0.306 e. The van der Waals surface area contributed by atoms with Crippen molar-refractivity contribution in [1.82, 2.24) is 0 Å². The molecule has 9 heteroatoms. The van der Waals surface area contributed by atoms with Crippen LogP contribution >= 0.6 is 0 Å². The average Bonchev–Trinajstić information content (AvgIpc) is 3.18. The summed E-state index contributed by atoms with van der Waals surface area (Å²) < 4.78 is 22.8. The summed E-state index contributed by atoms with van der Waals surface area (Å²) in [6, 6.07) is 0. The molecule has 0 bridgehead atoms. The lowest BCUT2D eigenvalue weighted by Gasteiger charge is -2.39. The van der Waals surface area contributed by atoms with Crippen molar-refractivity contribution >= 4 is 5.97 Å². The minimum atomic E-state index is -1.54. The molecule has 0 spiro atoms. The van der Waals surface area contributed by atoms with E-state index < -0.39 is 43.4 Å². The van der Waals surface area contributed by atoms with Gasteiger partial charge in [-0.3, -0.25) is 4.79 Å². The number of hydrogen-bond donors (Lipinski definition) is 4. The largest absolute Gasteiger partial charge is 0.457 e. The molecule has 320 valence electrons. The molecule has 0 aromatic rings. The van der Waals surface area contributed by atoms with E-state index >= 15 is 0 Å². The van der Waals surface area contributed by atoms with E-state index in [1.54, 1.807) is 0 Å².